The fourth-order valence-electron chi connectivity index (χ4n) is 3.02. The number of rotatable bonds is 4. The maximum Gasteiger partial charge on any atom is 0.0183 e. The van der Waals surface area contributed by atoms with E-state index in [1.165, 1.54) is 10.6 Å². The van der Waals surface area contributed by atoms with Crippen molar-refractivity contribution >= 4 is 19.2 Å². The molecule has 2 aromatic heterocycles. The van der Waals surface area contributed by atoms with Crippen LogP contribution in [-0.2, 0) is 16.5 Å². The number of aromatic nitrogens is 2. The number of pyridine rings is 2. The first-order valence-corrected chi connectivity index (χ1v) is 11.1. The molecule has 32 heavy (non-hydrogen) atoms. The standard InChI is InChI=1S/C16H11N2.C12H11P.Ni/c1-3-10-17-15(8-1)13-6-5-7-14(12-13)16-9-2-4-11-18-16;1-3-7-11(8-4-1)13-12-9-5-2-6-10-12;/h1-11H;1-10,13H;/q-1;;. The second kappa shape index (κ2) is 12.7. The Balaban J connectivity index is 0.000000184. The van der Waals surface area contributed by atoms with Crippen LogP contribution < -0.4 is 10.6 Å². The molecule has 160 valence electrons. The molecule has 0 unspecified atom stereocenters. The number of nitrogens with zero attached hydrogens (tertiary/aromatic N) is 2. The van der Waals surface area contributed by atoms with Crippen molar-refractivity contribution in [2.24, 2.45) is 0 Å². The van der Waals surface area contributed by atoms with Crippen molar-refractivity contribution < 1.29 is 16.5 Å². The fraction of sp³-hybridized carbons (Fsp3) is 0. The van der Waals surface area contributed by atoms with Crippen molar-refractivity contribution in [3.63, 3.8) is 0 Å². The number of hydrogen-bond donors (Lipinski definition) is 0. The first kappa shape index (κ1) is 23.5. The first-order valence-electron chi connectivity index (χ1n) is 10.1. The molecular formula is C28H22N2NiP-. The van der Waals surface area contributed by atoms with Crippen LogP contribution in [0.25, 0.3) is 22.5 Å². The van der Waals surface area contributed by atoms with Gasteiger partial charge in [0.15, 0.2) is 0 Å². The monoisotopic (exact) mass is 475 g/mol. The van der Waals surface area contributed by atoms with Crippen molar-refractivity contribution in [2.75, 3.05) is 0 Å². The molecule has 0 bridgehead atoms. The molecule has 0 aliphatic carbocycles. The van der Waals surface area contributed by atoms with Crippen molar-refractivity contribution in [1.29, 1.82) is 0 Å². The van der Waals surface area contributed by atoms with Gasteiger partial charge in [0.1, 0.15) is 0 Å². The van der Waals surface area contributed by atoms with Crippen LogP contribution in [0.3, 0.4) is 0 Å². The van der Waals surface area contributed by atoms with Gasteiger partial charge in [0.2, 0.25) is 0 Å². The van der Waals surface area contributed by atoms with Gasteiger partial charge in [0.25, 0.3) is 0 Å². The van der Waals surface area contributed by atoms with E-state index in [2.05, 4.69) is 76.7 Å². The van der Waals surface area contributed by atoms with Gasteiger partial charge in [-0.05, 0) is 22.7 Å². The molecule has 0 saturated heterocycles. The molecule has 0 atom stereocenters. The van der Waals surface area contributed by atoms with Gasteiger partial charge in [0.05, 0.1) is 0 Å². The summed E-state index contributed by atoms with van der Waals surface area (Å²) in [6.07, 6.45) is 3.58. The van der Waals surface area contributed by atoms with Crippen LogP contribution in [-0.4, -0.2) is 9.97 Å². The molecule has 2 heterocycles. The Morgan fingerprint density at radius 3 is 1.31 bits per heavy atom. The van der Waals surface area contributed by atoms with Crippen LogP contribution in [0.2, 0.25) is 0 Å². The molecule has 2 nitrogen and oxygen atoms in total. The quantitative estimate of drug-likeness (QED) is 0.183. The Kier molecular flexibility index (Phi) is 9.32. The molecule has 0 N–H and O–H groups in total. The third-order valence-corrected chi connectivity index (χ3v) is 5.76. The molecule has 0 fully saturated rings. The van der Waals surface area contributed by atoms with E-state index in [4.69, 9.17) is 0 Å². The van der Waals surface area contributed by atoms with Gasteiger partial charge >= 0.3 is 0 Å². The summed E-state index contributed by atoms with van der Waals surface area (Å²) < 4.78 is 0. The van der Waals surface area contributed by atoms with Crippen molar-refractivity contribution in [3.8, 4) is 22.5 Å². The van der Waals surface area contributed by atoms with Crippen molar-refractivity contribution in [3.05, 3.63) is 134 Å². The van der Waals surface area contributed by atoms with Crippen molar-refractivity contribution in [2.45, 2.75) is 0 Å². The molecule has 5 aromatic rings. The predicted molar refractivity (Wildman–Crippen MR) is 132 cm³/mol. The van der Waals surface area contributed by atoms with Gasteiger partial charge in [-0.1, -0.05) is 105 Å². The van der Waals surface area contributed by atoms with Crippen LogP contribution in [0.15, 0.2) is 128 Å². The van der Waals surface area contributed by atoms with E-state index in [1.807, 2.05) is 54.6 Å². The molecule has 0 radical (unpaired) electrons. The van der Waals surface area contributed by atoms with Crippen molar-refractivity contribution in [1.82, 2.24) is 9.97 Å². The molecule has 0 spiro atoms. The Morgan fingerprint density at radius 1 is 0.469 bits per heavy atom. The minimum absolute atomic E-state index is 0. The molecule has 5 rings (SSSR count). The number of benzene rings is 3. The van der Waals surface area contributed by atoms with Gasteiger partial charge < -0.3 is 0 Å². The summed E-state index contributed by atoms with van der Waals surface area (Å²) in [5, 5.41) is 2.79. The minimum Gasteiger partial charge on any atom is -0.295 e. The van der Waals surface area contributed by atoms with Gasteiger partial charge in [-0.3, -0.25) is 9.97 Å². The summed E-state index contributed by atoms with van der Waals surface area (Å²) in [6, 6.07) is 42.3. The van der Waals surface area contributed by atoms with Gasteiger partial charge in [0, 0.05) is 40.3 Å². The Labute approximate surface area is 201 Å². The second-order valence-electron chi connectivity index (χ2n) is 6.77. The first-order chi connectivity index (χ1) is 15.4. The summed E-state index contributed by atoms with van der Waals surface area (Å²) in [4.78, 5) is 8.66. The molecule has 3 aromatic carbocycles. The van der Waals surface area contributed by atoms with Crippen LogP contribution in [0.4, 0.5) is 0 Å². The van der Waals surface area contributed by atoms with E-state index in [9.17, 15) is 0 Å². The Bertz CT molecular complexity index is 1090. The smallest absolute Gasteiger partial charge is 0.0183 e. The Hall–Kier alpha value is -3.12. The van der Waals surface area contributed by atoms with E-state index in [-0.39, 0.29) is 16.5 Å². The SMILES string of the molecule is [Ni].[c-]1c(-c2ccccn2)cccc1-c1ccccn1.c1ccc(Pc2ccccc2)cc1. The zero-order chi connectivity index (χ0) is 21.1. The normalized spacial score (nSPS) is 9.75. The zero-order valence-electron chi connectivity index (χ0n) is 17.3. The van der Waals surface area contributed by atoms with Crippen LogP contribution in [0.5, 0.6) is 0 Å². The molecule has 0 aliphatic heterocycles. The minimum atomic E-state index is 0. The van der Waals surface area contributed by atoms with Gasteiger partial charge in [-0.15, -0.1) is 24.3 Å². The summed E-state index contributed by atoms with van der Waals surface area (Å²) in [5.74, 6) is 0. The Morgan fingerprint density at radius 2 is 0.906 bits per heavy atom. The van der Waals surface area contributed by atoms with Gasteiger partial charge in [-0.2, -0.15) is 0 Å². The molecule has 0 aliphatic rings. The van der Waals surface area contributed by atoms with Crippen LogP contribution in [0.1, 0.15) is 0 Å². The maximum atomic E-state index is 4.33. The van der Waals surface area contributed by atoms with E-state index in [0.29, 0.717) is 0 Å². The zero-order valence-corrected chi connectivity index (χ0v) is 19.3. The van der Waals surface area contributed by atoms with E-state index >= 15 is 0 Å². The third kappa shape index (κ3) is 6.96. The molecule has 0 saturated carbocycles. The average Bonchev–Trinajstić information content (AvgIpc) is 2.87. The van der Waals surface area contributed by atoms with E-state index < -0.39 is 0 Å². The van der Waals surface area contributed by atoms with Crippen LogP contribution >= 0.6 is 8.58 Å². The van der Waals surface area contributed by atoms with Gasteiger partial charge in [-0.25, -0.2) is 0 Å². The topological polar surface area (TPSA) is 25.8 Å². The summed E-state index contributed by atoms with van der Waals surface area (Å²) in [7, 11) is 0.777. The fourth-order valence-corrected chi connectivity index (χ4v) is 4.07. The molecular weight excluding hydrogens is 454 g/mol. The average molecular weight is 476 g/mol. The largest absolute Gasteiger partial charge is 0.295 e. The van der Waals surface area contributed by atoms with E-state index in [1.54, 1.807) is 12.4 Å². The second-order valence-corrected chi connectivity index (χ2v) is 8.17. The van der Waals surface area contributed by atoms with E-state index in [0.717, 1.165) is 31.1 Å². The number of hydrogen-bond acceptors (Lipinski definition) is 2. The summed E-state index contributed by atoms with van der Waals surface area (Å²) >= 11 is 0. The maximum absolute atomic E-state index is 4.33. The predicted octanol–water partition coefficient (Wildman–Crippen LogP) is 5.92. The van der Waals surface area contributed by atoms with Crippen LogP contribution in [0, 0.1) is 6.07 Å². The summed E-state index contributed by atoms with van der Waals surface area (Å²) in [6.45, 7) is 0. The summed E-state index contributed by atoms with van der Waals surface area (Å²) in [5.41, 5.74) is 3.82. The molecule has 4 heteroatoms. The third-order valence-electron chi connectivity index (χ3n) is 4.51. The molecule has 0 amide bonds.